The highest BCUT2D eigenvalue weighted by Crippen LogP contribution is 2.21. The Labute approximate surface area is 175 Å². The summed E-state index contributed by atoms with van der Waals surface area (Å²) < 4.78 is 7.47. The summed E-state index contributed by atoms with van der Waals surface area (Å²) in [5, 5.41) is 11.7. The fourth-order valence-corrected chi connectivity index (χ4v) is 4.13. The van der Waals surface area contributed by atoms with Crippen LogP contribution in [0.1, 0.15) is 25.0 Å². The van der Waals surface area contributed by atoms with Crippen LogP contribution in [0.15, 0.2) is 52.4 Å². The molecule has 0 saturated heterocycles. The predicted molar refractivity (Wildman–Crippen MR) is 119 cm³/mol. The second kappa shape index (κ2) is 9.46. The van der Waals surface area contributed by atoms with E-state index in [1.807, 2.05) is 50.2 Å². The van der Waals surface area contributed by atoms with Gasteiger partial charge in [0.2, 0.25) is 0 Å². The summed E-state index contributed by atoms with van der Waals surface area (Å²) >= 11 is 1.39. The van der Waals surface area contributed by atoms with Gasteiger partial charge in [-0.15, -0.1) is 0 Å². The van der Waals surface area contributed by atoms with Crippen LogP contribution in [-0.4, -0.2) is 33.1 Å². The molecule has 0 amide bonds. The van der Waals surface area contributed by atoms with Crippen LogP contribution in [0.5, 0.6) is 5.75 Å². The maximum atomic E-state index is 12.9. The number of para-hydroxylation sites is 1. The monoisotopic (exact) mass is 412 g/mol. The van der Waals surface area contributed by atoms with Gasteiger partial charge in [0.15, 0.2) is 5.16 Å². The van der Waals surface area contributed by atoms with Crippen molar-refractivity contribution >= 4 is 22.7 Å². The Kier molecular flexibility index (Phi) is 6.98. The molecule has 6 heteroatoms. The fraction of sp³-hybridized carbons (Fsp3) is 0.391. The third-order valence-electron chi connectivity index (χ3n) is 4.42. The van der Waals surface area contributed by atoms with Crippen LogP contribution in [-0.2, 0) is 6.54 Å². The van der Waals surface area contributed by atoms with Crippen molar-refractivity contribution in [2.45, 2.75) is 45.5 Å². The highest BCUT2D eigenvalue weighted by molar-refractivity contribution is 7.99. The average Bonchev–Trinajstić information content (AvgIpc) is 2.66. The Hall–Kier alpha value is -2.31. The molecular weight excluding hydrogens is 384 g/mol. The van der Waals surface area contributed by atoms with E-state index in [1.165, 1.54) is 11.8 Å². The van der Waals surface area contributed by atoms with E-state index in [4.69, 9.17) is 4.74 Å². The number of aromatic nitrogens is 2. The molecule has 29 heavy (non-hydrogen) atoms. The van der Waals surface area contributed by atoms with Crippen molar-refractivity contribution in [2.24, 2.45) is 5.92 Å². The number of aryl methyl sites for hydroxylation is 2. The van der Waals surface area contributed by atoms with E-state index in [2.05, 4.69) is 24.9 Å². The smallest absolute Gasteiger partial charge is 0.262 e. The van der Waals surface area contributed by atoms with Crippen LogP contribution in [0.4, 0.5) is 0 Å². The molecule has 2 aromatic carbocycles. The number of hydrogen-bond donors (Lipinski definition) is 1. The Morgan fingerprint density at radius 1 is 1.14 bits per heavy atom. The average molecular weight is 413 g/mol. The van der Waals surface area contributed by atoms with E-state index in [9.17, 15) is 9.90 Å². The minimum atomic E-state index is -0.670. The zero-order valence-electron chi connectivity index (χ0n) is 17.4. The number of hydrogen-bond acceptors (Lipinski definition) is 5. The van der Waals surface area contributed by atoms with Gasteiger partial charge in [-0.1, -0.05) is 43.8 Å². The molecule has 0 bridgehead atoms. The maximum Gasteiger partial charge on any atom is 0.262 e. The van der Waals surface area contributed by atoms with E-state index in [0.717, 1.165) is 16.9 Å². The zero-order valence-corrected chi connectivity index (χ0v) is 18.2. The summed E-state index contributed by atoms with van der Waals surface area (Å²) in [6, 6.07) is 13.4. The number of fused-ring (bicyclic) bond motifs is 1. The molecule has 0 fully saturated rings. The lowest BCUT2D eigenvalue weighted by molar-refractivity contribution is 0.126. The van der Waals surface area contributed by atoms with Gasteiger partial charge in [-0.3, -0.25) is 9.36 Å². The van der Waals surface area contributed by atoms with Gasteiger partial charge in [0.05, 0.1) is 17.0 Å². The lowest BCUT2D eigenvalue weighted by atomic mass is 10.1. The molecule has 1 aromatic heterocycles. The van der Waals surface area contributed by atoms with E-state index in [-0.39, 0.29) is 12.2 Å². The van der Waals surface area contributed by atoms with E-state index in [1.54, 1.807) is 4.57 Å². The Morgan fingerprint density at radius 2 is 1.83 bits per heavy atom. The summed E-state index contributed by atoms with van der Waals surface area (Å²) in [5.41, 5.74) is 2.90. The summed E-state index contributed by atoms with van der Waals surface area (Å²) in [6.07, 6.45) is -0.670. The molecule has 1 atom stereocenters. The van der Waals surface area contributed by atoms with Crippen LogP contribution in [0, 0.1) is 19.8 Å². The summed E-state index contributed by atoms with van der Waals surface area (Å²) in [5.74, 6) is 1.47. The molecule has 154 valence electrons. The molecule has 0 aliphatic rings. The molecular formula is C23H28N2O3S. The number of aliphatic hydroxyl groups excluding tert-OH is 1. The minimum Gasteiger partial charge on any atom is -0.491 e. The number of nitrogens with zero attached hydrogens (tertiary/aromatic N) is 2. The van der Waals surface area contributed by atoms with Crippen LogP contribution < -0.4 is 10.3 Å². The molecule has 0 radical (unpaired) electrons. The number of rotatable bonds is 8. The topological polar surface area (TPSA) is 64.3 Å². The SMILES string of the molecule is Cc1cc(C)cc(OC[C@H](O)CSc2nc3ccccc3c(=O)n2CC(C)C)c1. The quantitative estimate of drug-likeness (QED) is 0.444. The van der Waals surface area contributed by atoms with Crippen LogP contribution in [0.3, 0.4) is 0 Å². The van der Waals surface area contributed by atoms with Gasteiger partial charge in [-0.25, -0.2) is 4.98 Å². The first-order chi connectivity index (χ1) is 13.8. The molecule has 0 saturated carbocycles. The molecule has 1 heterocycles. The summed E-state index contributed by atoms with van der Waals surface area (Å²) in [4.78, 5) is 17.6. The third kappa shape index (κ3) is 5.61. The van der Waals surface area contributed by atoms with Gasteiger partial charge in [-0.2, -0.15) is 0 Å². The molecule has 0 unspecified atom stereocenters. The molecule has 0 aliphatic heterocycles. The van der Waals surface area contributed by atoms with Crippen LogP contribution in [0.25, 0.3) is 10.9 Å². The van der Waals surface area contributed by atoms with Crippen LogP contribution >= 0.6 is 11.8 Å². The maximum absolute atomic E-state index is 12.9. The highest BCUT2D eigenvalue weighted by atomic mass is 32.2. The zero-order chi connectivity index (χ0) is 21.0. The molecule has 0 spiro atoms. The van der Waals surface area contributed by atoms with Crippen molar-refractivity contribution in [1.29, 1.82) is 0 Å². The summed E-state index contributed by atoms with van der Waals surface area (Å²) in [7, 11) is 0. The second-order valence-electron chi connectivity index (χ2n) is 7.82. The number of ether oxygens (including phenoxy) is 1. The lowest BCUT2D eigenvalue weighted by Gasteiger charge is -2.17. The van der Waals surface area contributed by atoms with Gasteiger partial charge < -0.3 is 9.84 Å². The molecule has 1 N–H and O–H groups in total. The first-order valence-corrected chi connectivity index (χ1v) is 10.8. The van der Waals surface area contributed by atoms with Gasteiger partial charge >= 0.3 is 0 Å². The van der Waals surface area contributed by atoms with Gasteiger partial charge in [0.25, 0.3) is 5.56 Å². The number of benzene rings is 2. The Morgan fingerprint density at radius 3 is 2.52 bits per heavy atom. The second-order valence-corrected chi connectivity index (χ2v) is 8.81. The van der Waals surface area contributed by atoms with E-state index in [0.29, 0.717) is 34.3 Å². The van der Waals surface area contributed by atoms with Crippen molar-refractivity contribution < 1.29 is 9.84 Å². The van der Waals surface area contributed by atoms with Crippen LogP contribution in [0.2, 0.25) is 0 Å². The standard InChI is InChI=1S/C23H28N2O3S/c1-15(2)12-25-22(27)20-7-5-6-8-21(20)24-23(25)29-14-18(26)13-28-19-10-16(3)9-17(4)11-19/h5-11,15,18,26H,12-14H2,1-4H3/t18-/m0/s1. The Balaban J connectivity index is 1.72. The van der Waals surface area contributed by atoms with Crippen molar-refractivity contribution in [1.82, 2.24) is 9.55 Å². The lowest BCUT2D eigenvalue weighted by Crippen LogP contribution is -2.26. The molecule has 3 rings (SSSR count). The van der Waals surface area contributed by atoms with Gasteiger partial charge in [0.1, 0.15) is 12.4 Å². The van der Waals surface area contributed by atoms with Gasteiger partial charge in [0, 0.05) is 12.3 Å². The Bertz CT molecular complexity index is 1030. The molecule has 3 aromatic rings. The normalized spacial score (nSPS) is 12.5. The largest absolute Gasteiger partial charge is 0.491 e. The number of thioether (sulfide) groups is 1. The highest BCUT2D eigenvalue weighted by Gasteiger charge is 2.15. The van der Waals surface area contributed by atoms with Crippen molar-refractivity contribution in [3.05, 3.63) is 63.9 Å². The third-order valence-corrected chi connectivity index (χ3v) is 5.54. The fourth-order valence-electron chi connectivity index (χ4n) is 3.21. The van der Waals surface area contributed by atoms with Crippen molar-refractivity contribution in [3.8, 4) is 5.75 Å². The van der Waals surface area contributed by atoms with E-state index < -0.39 is 6.10 Å². The minimum absolute atomic E-state index is 0.0345. The first kappa shape index (κ1) is 21.4. The molecule has 5 nitrogen and oxygen atoms in total. The van der Waals surface area contributed by atoms with Crippen molar-refractivity contribution in [3.63, 3.8) is 0 Å². The first-order valence-electron chi connectivity index (χ1n) is 9.85. The predicted octanol–water partition coefficient (Wildman–Crippen LogP) is 4.20. The van der Waals surface area contributed by atoms with Crippen molar-refractivity contribution in [2.75, 3.05) is 12.4 Å². The number of aliphatic hydroxyl groups is 1. The molecule has 0 aliphatic carbocycles. The van der Waals surface area contributed by atoms with E-state index >= 15 is 0 Å². The summed E-state index contributed by atoms with van der Waals surface area (Å²) in [6.45, 7) is 8.97. The van der Waals surface area contributed by atoms with Gasteiger partial charge in [-0.05, 0) is 55.2 Å².